The van der Waals surface area contributed by atoms with Crippen LogP contribution in [0, 0.1) is 0 Å². The van der Waals surface area contributed by atoms with Gasteiger partial charge in [0.25, 0.3) is 0 Å². The fourth-order valence-electron chi connectivity index (χ4n) is 3.31. The first-order chi connectivity index (χ1) is 14.2. The number of morpholine rings is 1. The van der Waals surface area contributed by atoms with E-state index in [1.54, 1.807) is 7.11 Å². The Balaban J connectivity index is 1.79. The normalized spacial score (nSPS) is 16.9. The number of nitrogens with one attached hydrogen (secondary N) is 1. The maximum atomic E-state index is 12.8. The van der Waals surface area contributed by atoms with Gasteiger partial charge in [0.2, 0.25) is 10.0 Å². The highest BCUT2D eigenvalue weighted by molar-refractivity contribution is 7.90. The van der Waals surface area contributed by atoms with Gasteiger partial charge in [0.1, 0.15) is 5.75 Å². The minimum absolute atomic E-state index is 0.0189. The Bertz CT molecular complexity index is 1050. The molecule has 2 aromatic rings. The molecule has 8 nitrogen and oxygen atoms in total. The van der Waals surface area contributed by atoms with Gasteiger partial charge in [-0.15, -0.1) is 0 Å². The maximum absolute atomic E-state index is 12.8. The molecule has 1 atom stereocenters. The lowest BCUT2D eigenvalue weighted by Gasteiger charge is -2.35. The molecule has 30 heavy (non-hydrogen) atoms. The van der Waals surface area contributed by atoms with E-state index in [1.165, 1.54) is 24.3 Å². The SMILES string of the molecule is COc1ccc(C(CNS(=O)(=O)c2ccc(S(C)(=O)=O)cc2)N2CCOCC2)cc1. The zero-order valence-corrected chi connectivity index (χ0v) is 18.6. The summed E-state index contributed by atoms with van der Waals surface area (Å²) in [6.07, 6.45) is 1.08. The Labute approximate surface area is 177 Å². The average Bonchev–Trinajstić information content (AvgIpc) is 2.74. The molecule has 0 radical (unpaired) electrons. The lowest BCUT2D eigenvalue weighted by Crippen LogP contribution is -2.43. The molecule has 3 rings (SSSR count). The van der Waals surface area contributed by atoms with E-state index in [4.69, 9.17) is 9.47 Å². The number of hydrogen-bond acceptors (Lipinski definition) is 7. The van der Waals surface area contributed by atoms with Crippen molar-refractivity contribution in [1.82, 2.24) is 9.62 Å². The van der Waals surface area contributed by atoms with Crippen LogP contribution in [0.1, 0.15) is 11.6 Å². The van der Waals surface area contributed by atoms with Crippen molar-refractivity contribution in [2.45, 2.75) is 15.8 Å². The molecule has 1 fully saturated rings. The Morgan fingerprint density at radius 1 is 0.967 bits per heavy atom. The highest BCUT2D eigenvalue weighted by Crippen LogP contribution is 2.24. The van der Waals surface area contributed by atoms with Gasteiger partial charge < -0.3 is 9.47 Å². The van der Waals surface area contributed by atoms with Gasteiger partial charge in [-0.3, -0.25) is 4.90 Å². The van der Waals surface area contributed by atoms with Crippen molar-refractivity contribution in [3.05, 3.63) is 54.1 Å². The summed E-state index contributed by atoms with van der Waals surface area (Å²) < 4.78 is 62.1. The third-order valence-corrected chi connectivity index (χ3v) is 7.58. The monoisotopic (exact) mass is 454 g/mol. The number of methoxy groups -OCH3 is 1. The van der Waals surface area contributed by atoms with Gasteiger partial charge in [0.05, 0.1) is 30.1 Å². The van der Waals surface area contributed by atoms with Crippen molar-refractivity contribution in [3.63, 3.8) is 0 Å². The molecule has 0 saturated carbocycles. The molecule has 1 N–H and O–H groups in total. The number of sulfonamides is 1. The number of hydrogen-bond donors (Lipinski definition) is 1. The fraction of sp³-hybridized carbons (Fsp3) is 0.400. The second-order valence-corrected chi connectivity index (χ2v) is 10.8. The van der Waals surface area contributed by atoms with E-state index in [2.05, 4.69) is 9.62 Å². The lowest BCUT2D eigenvalue weighted by molar-refractivity contribution is 0.0172. The second-order valence-electron chi connectivity index (χ2n) is 7.03. The van der Waals surface area contributed by atoms with Gasteiger partial charge in [-0.05, 0) is 42.0 Å². The van der Waals surface area contributed by atoms with Crippen LogP contribution in [0.5, 0.6) is 5.75 Å². The number of benzene rings is 2. The largest absolute Gasteiger partial charge is 0.497 e. The topological polar surface area (TPSA) is 102 Å². The summed E-state index contributed by atoms with van der Waals surface area (Å²) in [5, 5.41) is 0. The van der Waals surface area contributed by atoms with Crippen molar-refractivity contribution >= 4 is 19.9 Å². The number of rotatable bonds is 8. The lowest BCUT2D eigenvalue weighted by atomic mass is 10.0. The molecule has 2 aromatic carbocycles. The Hall–Kier alpha value is -1.98. The molecular formula is C20H26N2O6S2. The van der Waals surface area contributed by atoms with Crippen molar-refractivity contribution in [3.8, 4) is 5.75 Å². The molecule has 10 heteroatoms. The van der Waals surface area contributed by atoms with E-state index in [1.807, 2.05) is 24.3 Å². The van der Waals surface area contributed by atoms with E-state index >= 15 is 0 Å². The zero-order valence-electron chi connectivity index (χ0n) is 16.9. The first kappa shape index (κ1) is 22.7. The predicted molar refractivity (Wildman–Crippen MR) is 113 cm³/mol. The summed E-state index contributed by atoms with van der Waals surface area (Å²) in [5.41, 5.74) is 0.966. The van der Waals surface area contributed by atoms with Crippen LogP contribution in [0.25, 0.3) is 0 Å². The van der Waals surface area contributed by atoms with Crippen LogP contribution in [-0.2, 0) is 24.6 Å². The van der Waals surface area contributed by atoms with Gasteiger partial charge in [-0.25, -0.2) is 21.6 Å². The van der Waals surface area contributed by atoms with E-state index in [9.17, 15) is 16.8 Å². The summed E-state index contributed by atoms with van der Waals surface area (Å²) in [6, 6.07) is 12.6. The van der Waals surface area contributed by atoms with Crippen LogP contribution in [-0.4, -0.2) is 67.9 Å². The summed E-state index contributed by atoms with van der Waals surface area (Å²) >= 11 is 0. The molecule has 0 bridgehead atoms. The summed E-state index contributed by atoms with van der Waals surface area (Å²) in [6.45, 7) is 2.74. The molecule has 0 aromatic heterocycles. The Kier molecular flexibility index (Phi) is 7.14. The number of nitrogens with zero attached hydrogens (tertiary/aromatic N) is 1. The molecule has 164 valence electrons. The Morgan fingerprint density at radius 3 is 2.07 bits per heavy atom. The second kappa shape index (κ2) is 9.44. The predicted octanol–water partition coefficient (Wildman–Crippen LogP) is 1.45. The quantitative estimate of drug-likeness (QED) is 0.644. The smallest absolute Gasteiger partial charge is 0.240 e. The van der Waals surface area contributed by atoms with Crippen molar-refractivity contribution < 1.29 is 26.3 Å². The van der Waals surface area contributed by atoms with Crippen molar-refractivity contribution in [2.75, 3.05) is 46.2 Å². The third kappa shape index (κ3) is 5.58. The average molecular weight is 455 g/mol. The van der Waals surface area contributed by atoms with Crippen LogP contribution < -0.4 is 9.46 Å². The standard InChI is InChI=1S/C20H26N2O6S2/c1-27-17-5-3-16(4-6-17)20(22-11-13-28-14-12-22)15-21-30(25,26)19-9-7-18(8-10-19)29(2,23)24/h3-10,20-21H,11-15H2,1-2H3. The van der Waals surface area contributed by atoms with Crippen LogP contribution in [0.4, 0.5) is 0 Å². The van der Waals surface area contributed by atoms with Crippen molar-refractivity contribution in [1.29, 1.82) is 0 Å². The summed E-state index contributed by atoms with van der Waals surface area (Å²) in [7, 11) is -5.60. The highest BCUT2D eigenvalue weighted by atomic mass is 32.2. The van der Waals surface area contributed by atoms with Crippen molar-refractivity contribution in [2.24, 2.45) is 0 Å². The molecule has 1 unspecified atom stereocenters. The summed E-state index contributed by atoms with van der Waals surface area (Å²) in [5.74, 6) is 0.728. The molecule has 0 aliphatic carbocycles. The molecule has 1 aliphatic rings. The van der Waals surface area contributed by atoms with Crippen LogP contribution in [0.15, 0.2) is 58.3 Å². The van der Waals surface area contributed by atoms with Crippen LogP contribution >= 0.6 is 0 Å². The molecule has 0 amide bonds. The van der Waals surface area contributed by atoms with E-state index in [-0.39, 0.29) is 22.4 Å². The maximum Gasteiger partial charge on any atom is 0.240 e. The first-order valence-electron chi connectivity index (χ1n) is 9.46. The van der Waals surface area contributed by atoms with E-state index in [0.29, 0.717) is 26.3 Å². The molecule has 1 saturated heterocycles. The van der Waals surface area contributed by atoms with Gasteiger partial charge in [0.15, 0.2) is 9.84 Å². The van der Waals surface area contributed by atoms with E-state index in [0.717, 1.165) is 17.6 Å². The van der Waals surface area contributed by atoms with Crippen LogP contribution in [0.3, 0.4) is 0 Å². The summed E-state index contributed by atoms with van der Waals surface area (Å²) in [4.78, 5) is 2.27. The molecule has 0 spiro atoms. The van der Waals surface area contributed by atoms with Gasteiger partial charge in [-0.1, -0.05) is 12.1 Å². The third-order valence-electron chi connectivity index (χ3n) is 5.02. The molecule has 1 heterocycles. The minimum atomic E-state index is -3.80. The van der Waals surface area contributed by atoms with Crippen LogP contribution in [0.2, 0.25) is 0 Å². The van der Waals surface area contributed by atoms with E-state index < -0.39 is 19.9 Å². The highest BCUT2D eigenvalue weighted by Gasteiger charge is 2.25. The van der Waals surface area contributed by atoms with Gasteiger partial charge in [-0.2, -0.15) is 0 Å². The molecule has 1 aliphatic heterocycles. The zero-order chi connectivity index (χ0) is 21.8. The number of ether oxygens (including phenoxy) is 2. The fourth-order valence-corrected chi connectivity index (χ4v) is 4.98. The molecular weight excluding hydrogens is 428 g/mol. The first-order valence-corrected chi connectivity index (χ1v) is 12.8. The number of sulfone groups is 1. The minimum Gasteiger partial charge on any atom is -0.497 e. The Morgan fingerprint density at radius 2 is 1.53 bits per heavy atom. The van der Waals surface area contributed by atoms with Gasteiger partial charge >= 0.3 is 0 Å². The van der Waals surface area contributed by atoms with Gasteiger partial charge in [0, 0.05) is 31.9 Å².